The van der Waals surface area contributed by atoms with Gasteiger partial charge in [0.2, 0.25) is 0 Å². The highest BCUT2D eigenvalue weighted by molar-refractivity contribution is 5.78. The molecule has 0 aromatic heterocycles. The van der Waals surface area contributed by atoms with Crippen LogP contribution in [0.5, 0.6) is 5.75 Å². The first-order valence-corrected chi connectivity index (χ1v) is 4.19. The van der Waals surface area contributed by atoms with E-state index in [0.717, 1.165) is 5.56 Å². The molecule has 14 heavy (non-hydrogen) atoms. The number of rotatable bonds is 2. The Bertz CT molecular complexity index is 349. The van der Waals surface area contributed by atoms with Crippen LogP contribution < -0.4 is 5.73 Å². The monoisotopic (exact) mass is 195 g/mol. The Kier molecular flexibility index (Phi) is 3.09. The van der Waals surface area contributed by atoms with Crippen LogP contribution in [-0.2, 0) is 9.53 Å². The van der Waals surface area contributed by atoms with E-state index in [1.807, 2.05) is 6.92 Å². The molecule has 0 bridgehead atoms. The smallest absolute Gasteiger partial charge is 0.327 e. The summed E-state index contributed by atoms with van der Waals surface area (Å²) < 4.78 is 4.49. The van der Waals surface area contributed by atoms with E-state index in [2.05, 4.69) is 4.74 Å². The lowest BCUT2D eigenvalue weighted by Gasteiger charge is -2.11. The number of aryl methyl sites for hydroxylation is 1. The van der Waals surface area contributed by atoms with Gasteiger partial charge in [-0.05, 0) is 13.0 Å². The molecule has 0 radical (unpaired) electrons. The van der Waals surface area contributed by atoms with Crippen molar-refractivity contribution in [2.45, 2.75) is 13.0 Å². The molecular weight excluding hydrogens is 182 g/mol. The Morgan fingerprint density at radius 2 is 2.21 bits per heavy atom. The number of hydrogen-bond donors (Lipinski definition) is 2. The molecular formula is C10H13NO3. The Hall–Kier alpha value is -1.55. The summed E-state index contributed by atoms with van der Waals surface area (Å²) in [6.45, 7) is 1.85. The number of phenols is 1. The van der Waals surface area contributed by atoms with Gasteiger partial charge >= 0.3 is 5.97 Å². The summed E-state index contributed by atoms with van der Waals surface area (Å²) in [5, 5.41) is 9.46. The highest BCUT2D eigenvalue weighted by atomic mass is 16.5. The van der Waals surface area contributed by atoms with Gasteiger partial charge in [-0.1, -0.05) is 17.7 Å². The third kappa shape index (κ3) is 2.03. The van der Waals surface area contributed by atoms with Crippen LogP contribution in [0, 0.1) is 6.92 Å². The van der Waals surface area contributed by atoms with Crippen molar-refractivity contribution in [2.24, 2.45) is 5.73 Å². The van der Waals surface area contributed by atoms with E-state index in [1.165, 1.54) is 13.2 Å². The van der Waals surface area contributed by atoms with Gasteiger partial charge in [0.1, 0.15) is 11.8 Å². The Labute approximate surface area is 82.3 Å². The lowest BCUT2D eigenvalue weighted by molar-refractivity contribution is -0.142. The average Bonchev–Trinajstić information content (AvgIpc) is 2.19. The molecule has 0 aliphatic carbocycles. The van der Waals surface area contributed by atoms with Crippen molar-refractivity contribution in [3.63, 3.8) is 0 Å². The molecule has 1 atom stereocenters. The first kappa shape index (κ1) is 10.5. The number of hydrogen-bond acceptors (Lipinski definition) is 4. The third-order valence-electron chi connectivity index (χ3n) is 1.97. The van der Waals surface area contributed by atoms with Crippen molar-refractivity contribution in [1.29, 1.82) is 0 Å². The molecule has 0 aliphatic heterocycles. The number of phenolic OH excluding ortho intramolecular Hbond substituents is 1. The van der Waals surface area contributed by atoms with E-state index in [9.17, 15) is 9.90 Å². The average molecular weight is 195 g/mol. The molecule has 1 rings (SSSR count). The topological polar surface area (TPSA) is 72.5 Å². The normalized spacial score (nSPS) is 12.2. The maximum atomic E-state index is 11.1. The number of nitrogens with two attached hydrogens (primary N) is 1. The highest BCUT2D eigenvalue weighted by Gasteiger charge is 2.19. The predicted octanol–water partition coefficient (Wildman–Crippen LogP) is 0.873. The van der Waals surface area contributed by atoms with E-state index in [-0.39, 0.29) is 5.75 Å². The van der Waals surface area contributed by atoms with Crippen LogP contribution in [0.4, 0.5) is 0 Å². The number of esters is 1. The second-order valence-electron chi connectivity index (χ2n) is 3.06. The second-order valence-corrected chi connectivity index (χ2v) is 3.06. The number of benzene rings is 1. The Balaban J connectivity index is 3.05. The molecule has 0 aliphatic rings. The van der Waals surface area contributed by atoms with Gasteiger partial charge in [0.15, 0.2) is 0 Å². The van der Waals surface area contributed by atoms with Crippen LogP contribution >= 0.6 is 0 Å². The van der Waals surface area contributed by atoms with Crippen LogP contribution in [-0.4, -0.2) is 18.2 Å². The van der Waals surface area contributed by atoms with Crippen molar-refractivity contribution < 1.29 is 14.6 Å². The highest BCUT2D eigenvalue weighted by Crippen LogP contribution is 2.24. The first-order valence-electron chi connectivity index (χ1n) is 4.19. The van der Waals surface area contributed by atoms with Crippen LogP contribution in [0.25, 0.3) is 0 Å². The molecule has 0 heterocycles. The molecule has 1 aromatic carbocycles. The lowest BCUT2D eigenvalue weighted by Crippen LogP contribution is -2.22. The van der Waals surface area contributed by atoms with Gasteiger partial charge in [-0.25, -0.2) is 0 Å². The van der Waals surface area contributed by atoms with E-state index < -0.39 is 12.0 Å². The second kappa shape index (κ2) is 4.11. The standard InChI is InChI=1S/C10H13NO3/c1-6-3-4-8(12)7(5-6)9(11)10(13)14-2/h3-5,9,12H,11H2,1-2H3/t9-/m0/s1. The maximum Gasteiger partial charge on any atom is 0.327 e. The lowest BCUT2D eigenvalue weighted by atomic mass is 10.0. The number of aromatic hydroxyl groups is 1. The maximum absolute atomic E-state index is 11.1. The molecule has 76 valence electrons. The van der Waals surface area contributed by atoms with Gasteiger partial charge < -0.3 is 15.6 Å². The molecule has 0 fully saturated rings. The zero-order valence-electron chi connectivity index (χ0n) is 8.15. The molecule has 0 amide bonds. The van der Waals surface area contributed by atoms with Crippen LogP contribution in [0.3, 0.4) is 0 Å². The van der Waals surface area contributed by atoms with Crippen LogP contribution in [0.2, 0.25) is 0 Å². The zero-order chi connectivity index (χ0) is 10.7. The molecule has 3 N–H and O–H groups in total. The molecule has 0 saturated carbocycles. The van der Waals surface area contributed by atoms with Gasteiger partial charge in [0.05, 0.1) is 7.11 Å². The fourth-order valence-electron chi connectivity index (χ4n) is 1.18. The van der Waals surface area contributed by atoms with Crippen molar-refractivity contribution in [3.05, 3.63) is 29.3 Å². The minimum atomic E-state index is -0.931. The van der Waals surface area contributed by atoms with E-state index in [0.29, 0.717) is 5.56 Å². The Morgan fingerprint density at radius 1 is 1.57 bits per heavy atom. The van der Waals surface area contributed by atoms with Crippen LogP contribution in [0.15, 0.2) is 18.2 Å². The number of methoxy groups -OCH3 is 1. The predicted molar refractivity (Wildman–Crippen MR) is 51.8 cm³/mol. The fourth-order valence-corrected chi connectivity index (χ4v) is 1.18. The summed E-state index contributed by atoms with van der Waals surface area (Å²) in [6.07, 6.45) is 0. The molecule has 4 heteroatoms. The fraction of sp³-hybridized carbons (Fsp3) is 0.300. The number of ether oxygens (including phenoxy) is 1. The van der Waals surface area contributed by atoms with E-state index in [1.54, 1.807) is 12.1 Å². The van der Waals surface area contributed by atoms with Gasteiger partial charge in [0.25, 0.3) is 0 Å². The Morgan fingerprint density at radius 3 is 2.79 bits per heavy atom. The SMILES string of the molecule is COC(=O)[C@@H](N)c1cc(C)ccc1O. The minimum Gasteiger partial charge on any atom is -0.508 e. The zero-order valence-corrected chi connectivity index (χ0v) is 8.15. The summed E-state index contributed by atoms with van der Waals surface area (Å²) in [4.78, 5) is 11.1. The molecule has 0 saturated heterocycles. The summed E-state index contributed by atoms with van der Waals surface area (Å²) in [5.74, 6) is -0.556. The van der Waals surface area contributed by atoms with Gasteiger partial charge in [-0.3, -0.25) is 4.79 Å². The molecule has 4 nitrogen and oxygen atoms in total. The van der Waals surface area contributed by atoms with Crippen molar-refractivity contribution in [3.8, 4) is 5.75 Å². The largest absolute Gasteiger partial charge is 0.508 e. The van der Waals surface area contributed by atoms with Gasteiger partial charge in [-0.15, -0.1) is 0 Å². The quantitative estimate of drug-likeness (QED) is 0.687. The van der Waals surface area contributed by atoms with E-state index in [4.69, 9.17) is 5.73 Å². The first-order chi connectivity index (χ1) is 6.56. The minimum absolute atomic E-state index is 0.00787. The van der Waals surface area contributed by atoms with Crippen LogP contribution in [0.1, 0.15) is 17.2 Å². The van der Waals surface area contributed by atoms with E-state index >= 15 is 0 Å². The number of carbonyl (C=O) groups excluding carboxylic acids is 1. The number of carbonyl (C=O) groups is 1. The summed E-state index contributed by atoms with van der Waals surface area (Å²) in [7, 11) is 1.26. The summed E-state index contributed by atoms with van der Waals surface area (Å²) in [6, 6.07) is 3.98. The van der Waals surface area contributed by atoms with Crippen molar-refractivity contribution in [2.75, 3.05) is 7.11 Å². The van der Waals surface area contributed by atoms with Gasteiger partial charge in [-0.2, -0.15) is 0 Å². The molecule has 0 unspecified atom stereocenters. The summed E-state index contributed by atoms with van der Waals surface area (Å²) >= 11 is 0. The van der Waals surface area contributed by atoms with Crippen molar-refractivity contribution in [1.82, 2.24) is 0 Å². The summed E-state index contributed by atoms with van der Waals surface area (Å²) in [5.41, 5.74) is 6.90. The van der Waals surface area contributed by atoms with Crippen molar-refractivity contribution >= 4 is 5.97 Å². The van der Waals surface area contributed by atoms with Gasteiger partial charge in [0, 0.05) is 5.56 Å². The third-order valence-corrected chi connectivity index (χ3v) is 1.97. The molecule has 0 spiro atoms. The molecule has 1 aromatic rings.